The highest BCUT2D eigenvalue weighted by molar-refractivity contribution is 6.62. The SMILES string of the molecule is C=C[C@]1(C)C[C@@H](OC(=O)COc2ccc3c(c2)B(O)ON=C3)[C@]2(C)[C@H](C)CC[C@]3(C[C@H](O)C(=O)[C@H]32)[C@@H](C)[C@@H]1O. The molecule has 0 saturated heterocycles. The number of ketones is 1. The smallest absolute Gasteiger partial charge is 0.482 e. The van der Waals surface area contributed by atoms with Gasteiger partial charge in [0, 0.05) is 22.2 Å². The van der Waals surface area contributed by atoms with E-state index in [0.29, 0.717) is 29.6 Å². The number of ether oxygens (including phenoxy) is 2. The fraction of sp³-hybridized carbons (Fsp3) is 0.621. The topological polar surface area (TPSA) is 135 Å². The van der Waals surface area contributed by atoms with Crippen molar-refractivity contribution in [2.75, 3.05) is 6.61 Å². The van der Waals surface area contributed by atoms with Crippen LogP contribution in [0.3, 0.4) is 0 Å². The number of aliphatic hydroxyl groups is 2. The average Bonchev–Trinajstić information content (AvgIpc) is 3.19. The second-order valence-electron chi connectivity index (χ2n) is 12.5. The fourth-order valence-electron chi connectivity index (χ4n) is 8.00. The number of carbonyl (C=O) groups is 2. The summed E-state index contributed by atoms with van der Waals surface area (Å²) in [6.07, 6.45) is 2.64. The van der Waals surface area contributed by atoms with Crippen LogP contribution in [0, 0.1) is 34.0 Å². The number of hydrogen-bond donors (Lipinski definition) is 3. The molecule has 1 heterocycles. The molecular formula is C29H38BNO8. The van der Waals surface area contributed by atoms with Gasteiger partial charge in [0.25, 0.3) is 0 Å². The van der Waals surface area contributed by atoms with Gasteiger partial charge in [-0.25, -0.2) is 4.79 Å². The molecule has 3 aliphatic carbocycles. The molecule has 9 atom stereocenters. The first-order valence-corrected chi connectivity index (χ1v) is 13.7. The van der Waals surface area contributed by atoms with Crippen molar-refractivity contribution in [3.8, 4) is 5.75 Å². The Morgan fingerprint density at radius 3 is 2.74 bits per heavy atom. The number of oxime groups is 1. The number of Topliss-reactive ketones (excluding diaryl/α,β-unsaturated/α-hetero) is 1. The maximum Gasteiger partial charge on any atom is 0.583 e. The normalized spacial score (nSPS) is 41.0. The number of rotatable bonds is 5. The summed E-state index contributed by atoms with van der Waals surface area (Å²) in [4.78, 5) is 26.8. The molecule has 210 valence electrons. The third kappa shape index (κ3) is 4.23. The summed E-state index contributed by atoms with van der Waals surface area (Å²) in [5, 5.41) is 36.1. The Hall–Kier alpha value is -2.69. The van der Waals surface area contributed by atoms with Gasteiger partial charge in [-0.2, -0.15) is 0 Å². The quantitative estimate of drug-likeness (QED) is 0.294. The van der Waals surface area contributed by atoms with E-state index < -0.39 is 53.6 Å². The lowest BCUT2D eigenvalue weighted by Gasteiger charge is -2.61. The highest BCUT2D eigenvalue weighted by Crippen LogP contribution is 2.68. The van der Waals surface area contributed by atoms with Crippen molar-refractivity contribution in [3.63, 3.8) is 0 Å². The van der Waals surface area contributed by atoms with Gasteiger partial charge in [-0.15, -0.1) is 11.7 Å². The fourth-order valence-corrected chi connectivity index (χ4v) is 8.00. The maximum absolute atomic E-state index is 13.6. The number of hydrogen-bond acceptors (Lipinski definition) is 9. The predicted octanol–water partition coefficient (Wildman–Crippen LogP) is 1.99. The van der Waals surface area contributed by atoms with Gasteiger partial charge in [-0.05, 0) is 66.7 Å². The maximum atomic E-state index is 13.6. The lowest BCUT2D eigenvalue weighted by molar-refractivity contribution is -0.207. The van der Waals surface area contributed by atoms with Crippen LogP contribution in [0.5, 0.6) is 5.75 Å². The number of benzene rings is 1. The third-order valence-corrected chi connectivity index (χ3v) is 10.6. The van der Waals surface area contributed by atoms with E-state index in [1.807, 2.05) is 20.8 Å². The summed E-state index contributed by atoms with van der Waals surface area (Å²) in [7, 11) is -1.23. The molecule has 10 heteroatoms. The Morgan fingerprint density at radius 2 is 2.03 bits per heavy atom. The van der Waals surface area contributed by atoms with Crippen LogP contribution in [-0.2, 0) is 19.1 Å². The van der Waals surface area contributed by atoms with Gasteiger partial charge in [0.15, 0.2) is 12.4 Å². The minimum Gasteiger partial charge on any atom is -0.482 e. The average molecular weight is 539 g/mol. The van der Waals surface area contributed by atoms with Crippen LogP contribution in [-0.4, -0.2) is 65.2 Å². The van der Waals surface area contributed by atoms with Gasteiger partial charge in [-0.1, -0.05) is 33.8 Å². The standard InChI is InChI=1S/C29H38BNO8/c1-6-27(4)13-22(38-23(33)15-37-19-8-7-18-14-31-39-30(36)20(18)11-19)28(5)16(2)9-10-29(17(3)26(27)35)12-21(32)24(34)25(28)29/h6-8,11,14,16-17,21-22,25-26,32,35-36H,1,9-10,12-13,15H2,2-5H3/t16-,17+,21+,22-,25+,26+,27-,28+,29+/m1/s1. The van der Waals surface area contributed by atoms with E-state index in [1.165, 1.54) is 6.21 Å². The number of fused-ring (bicyclic) bond motifs is 1. The molecule has 5 rings (SSSR count). The summed E-state index contributed by atoms with van der Waals surface area (Å²) in [6, 6.07) is 4.95. The predicted molar refractivity (Wildman–Crippen MR) is 144 cm³/mol. The van der Waals surface area contributed by atoms with Gasteiger partial charge in [0.05, 0.1) is 12.3 Å². The van der Waals surface area contributed by atoms with Gasteiger partial charge < -0.3 is 29.5 Å². The molecular weight excluding hydrogens is 501 g/mol. The largest absolute Gasteiger partial charge is 0.583 e. The van der Waals surface area contributed by atoms with Crippen molar-refractivity contribution in [1.29, 1.82) is 0 Å². The number of esters is 1. The zero-order valence-corrected chi connectivity index (χ0v) is 23.0. The van der Waals surface area contributed by atoms with E-state index in [0.717, 1.165) is 6.42 Å². The van der Waals surface area contributed by atoms with Crippen LogP contribution in [0.2, 0.25) is 0 Å². The van der Waals surface area contributed by atoms with Gasteiger partial charge in [0.1, 0.15) is 18.0 Å². The zero-order valence-electron chi connectivity index (χ0n) is 23.0. The van der Waals surface area contributed by atoms with Crippen molar-refractivity contribution in [2.24, 2.45) is 39.2 Å². The second kappa shape index (κ2) is 9.75. The molecule has 39 heavy (non-hydrogen) atoms. The summed E-state index contributed by atoms with van der Waals surface area (Å²) in [6.45, 7) is 11.6. The van der Waals surface area contributed by atoms with Crippen LogP contribution in [0.1, 0.15) is 58.9 Å². The van der Waals surface area contributed by atoms with Crippen LogP contribution in [0.15, 0.2) is 36.0 Å². The lowest BCUT2D eigenvalue weighted by atomic mass is 9.44. The minimum atomic E-state index is -1.23. The first-order valence-electron chi connectivity index (χ1n) is 13.7. The molecule has 0 amide bonds. The molecule has 3 fully saturated rings. The Kier molecular flexibility index (Phi) is 6.96. The zero-order chi connectivity index (χ0) is 28.3. The lowest BCUT2D eigenvalue weighted by Crippen LogP contribution is -2.63. The second-order valence-corrected chi connectivity index (χ2v) is 12.5. The highest BCUT2D eigenvalue weighted by Gasteiger charge is 2.70. The number of aliphatic hydroxyl groups excluding tert-OH is 2. The van der Waals surface area contributed by atoms with E-state index in [-0.39, 0.29) is 30.6 Å². The van der Waals surface area contributed by atoms with Crippen LogP contribution < -0.4 is 10.2 Å². The van der Waals surface area contributed by atoms with E-state index in [2.05, 4.69) is 18.7 Å². The van der Waals surface area contributed by atoms with Gasteiger partial charge in [0.2, 0.25) is 0 Å². The number of carbonyl (C=O) groups excluding carboxylic acids is 2. The molecule has 0 unspecified atom stereocenters. The molecule has 3 saturated carbocycles. The monoisotopic (exact) mass is 539 g/mol. The first-order chi connectivity index (χ1) is 18.4. The van der Waals surface area contributed by atoms with Crippen LogP contribution in [0.4, 0.5) is 0 Å². The van der Waals surface area contributed by atoms with Gasteiger partial charge >= 0.3 is 13.1 Å². The Balaban J connectivity index is 1.44. The molecule has 0 aromatic heterocycles. The summed E-state index contributed by atoms with van der Waals surface area (Å²) >= 11 is 0. The Morgan fingerprint density at radius 1 is 1.28 bits per heavy atom. The van der Waals surface area contributed by atoms with Crippen LogP contribution in [0.25, 0.3) is 0 Å². The number of nitrogens with zero attached hydrogens (tertiary/aromatic N) is 1. The van der Waals surface area contributed by atoms with Crippen molar-refractivity contribution in [1.82, 2.24) is 0 Å². The van der Waals surface area contributed by atoms with Crippen molar-refractivity contribution in [3.05, 3.63) is 36.4 Å². The summed E-state index contributed by atoms with van der Waals surface area (Å²) in [5.74, 6) is -1.25. The molecule has 1 aromatic carbocycles. The highest BCUT2D eigenvalue weighted by atomic mass is 16.6. The molecule has 4 aliphatic rings. The molecule has 0 spiro atoms. The third-order valence-electron chi connectivity index (χ3n) is 10.6. The van der Waals surface area contributed by atoms with E-state index in [9.17, 15) is 24.8 Å². The summed E-state index contributed by atoms with van der Waals surface area (Å²) in [5.41, 5.74) is -0.986. The van der Waals surface area contributed by atoms with E-state index in [4.69, 9.17) is 14.2 Å². The molecule has 3 N–H and O–H groups in total. The molecule has 1 aromatic rings. The van der Waals surface area contributed by atoms with Crippen molar-refractivity contribution in [2.45, 2.75) is 71.7 Å². The molecule has 0 radical (unpaired) electrons. The van der Waals surface area contributed by atoms with Crippen molar-refractivity contribution < 1.29 is 39.1 Å². The summed E-state index contributed by atoms with van der Waals surface area (Å²) < 4.78 is 16.7. The molecule has 1 aliphatic heterocycles. The van der Waals surface area contributed by atoms with E-state index >= 15 is 0 Å². The Bertz CT molecular complexity index is 1210. The Labute approximate surface area is 229 Å². The molecule has 2 bridgehead atoms. The molecule has 9 nitrogen and oxygen atoms in total. The van der Waals surface area contributed by atoms with E-state index in [1.54, 1.807) is 24.3 Å². The van der Waals surface area contributed by atoms with Crippen LogP contribution >= 0.6 is 0 Å². The minimum absolute atomic E-state index is 0.0314. The first kappa shape index (κ1) is 27.9. The van der Waals surface area contributed by atoms with Gasteiger partial charge in [-0.3, -0.25) is 4.79 Å². The van der Waals surface area contributed by atoms with Crippen molar-refractivity contribution >= 4 is 30.5 Å².